The van der Waals surface area contributed by atoms with E-state index in [0.29, 0.717) is 19.5 Å². The van der Waals surface area contributed by atoms with Gasteiger partial charge in [-0.2, -0.15) is 0 Å². The van der Waals surface area contributed by atoms with Gasteiger partial charge in [0, 0.05) is 17.6 Å². The predicted molar refractivity (Wildman–Crippen MR) is 68.8 cm³/mol. The van der Waals surface area contributed by atoms with Crippen LogP contribution < -0.4 is 0 Å². The van der Waals surface area contributed by atoms with Crippen LogP contribution in [0.1, 0.15) is 22.8 Å². The second-order valence-electron chi connectivity index (χ2n) is 4.07. The minimum atomic E-state index is -3.20. The topological polar surface area (TPSA) is 63.7 Å². The molecule has 0 saturated carbocycles. The Bertz CT molecular complexity index is 527. The van der Waals surface area contributed by atoms with Gasteiger partial charge in [0.2, 0.25) is 10.0 Å². The van der Waals surface area contributed by atoms with Crippen LogP contribution in [-0.4, -0.2) is 38.0 Å². The summed E-state index contributed by atoms with van der Waals surface area (Å²) in [5.74, 6) is -1.04. The second kappa shape index (κ2) is 6.63. The molecular formula is C12H16FNO4S. The molecule has 106 valence electrons. The SMILES string of the molecule is CCN(CCc1ccc(C(=O)OF)cc1)S(C)(=O)=O. The lowest BCUT2D eigenvalue weighted by Gasteiger charge is -2.17. The monoisotopic (exact) mass is 289 g/mol. The zero-order valence-corrected chi connectivity index (χ0v) is 11.6. The molecule has 0 aliphatic heterocycles. The Morgan fingerprint density at radius 1 is 1.32 bits per heavy atom. The van der Waals surface area contributed by atoms with Crippen LogP contribution in [0.2, 0.25) is 0 Å². The maximum absolute atomic E-state index is 11.7. The molecule has 5 nitrogen and oxygen atoms in total. The van der Waals surface area contributed by atoms with E-state index in [9.17, 15) is 17.7 Å². The molecule has 0 amide bonds. The summed E-state index contributed by atoms with van der Waals surface area (Å²) >= 11 is 0. The summed E-state index contributed by atoms with van der Waals surface area (Å²) in [6, 6.07) is 6.16. The number of likely N-dealkylation sites (N-methyl/N-ethyl adjacent to an activating group) is 1. The van der Waals surface area contributed by atoms with Crippen LogP contribution in [0.15, 0.2) is 24.3 Å². The number of carbonyl (C=O) groups excluding carboxylic acids is 1. The highest BCUT2D eigenvalue weighted by molar-refractivity contribution is 7.88. The van der Waals surface area contributed by atoms with Crippen LogP contribution in [0.25, 0.3) is 0 Å². The Labute approximate surface area is 111 Å². The van der Waals surface area contributed by atoms with Crippen LogP contribution >= 0.6 is 0 Å². The van der Waals surface area contributed by atoms with Crippen LogP contribution in [0, 0.1) is 0 Å². The number of hydrogen-bond acceptors (Lipinski definition) is 4. The molecule has 0 N–H and O–H groups in total. The molecule has 1 rings (SSSR count). The maximum atomic E-state index is 11.7. The molecular weight excluding hydrogens is 273 g/mol. The number of rotatable bonds is 6. The van der Waals surface area contributed by atoms with Gasteiger partial charge in [0.05, 0.1) is 11.8 Å². The van der Waals surface area contributed by atoms with E-state index < -0.39 is 16.0 Å². The summed E-state index contributed by atoms with van der Waals surface area (Å²) in [6.07, 6.45) is 1.68. The van der Waals surface area contributed by atoms with Crippen molar-refractivity contribution in [3.05, 3.63) is 35.4 Å². The average Bonchev–Trinajstić information content (AvgIpc) is 2.37. The molecule has 0 saturated heterocycles. The normalized spacial score (nSPS) is 11.6. The highest BCUT2D eigenvalue weighted by Crippen LogP contribution is 2.08. The van der Waals surface area contributed by atoms with Crippen LogP contribution in [-0.2, 0) is 21.4 Å². The molecule has 0 heterocycles. The standard InChI is InChI=1S/C12H16FNO4S/c1-3-14(19(2,16)17)9-8-10-4-6-11(7-5-10)12(15)18-13/h4-7H,3,8-9H2,1-2H3. The van der Waals surface area contributed by atoms with Crippen molar-refractivity contribution >= 4 is 16.0 Å². The molecule has 1 aromatic carbocycles. The van der Waals surface area contributed by atoms with Crippen LogP contribution in [0.5, 0.6) is 0 Å². The van der Waals surface area contributed by atoms with Gasteiger partial charge >= 0.3 is 5.97 Å². The largest absolute Gasteiger partial charge is 0.379 e. The highest BCUT2D eigenvalue weighted by Gasteiger charge is 2.14. The minimum absolute atomic E-state index is 0.113. The third-order valence-corrected chi connectivity index (χ3v) is 4.11. The fraction of sp³-hybridized carbons (Fsp3) is 0.417. The summed E-state index contributed by atoms with van der Waals surface area (Å²) in [7, 11) is -3.20. The van der Waals surface area contributed by atoms with E-state index in [4.69, 9.17) is 0 Å². The summed E-state index contributed by atoms with van der Waals surface area (Å²) in [6.45, 7) is 2.54. The average molecular weight is 289 g/mol. The number of hydrogen-bond donors (Lipinski definition) is 0. The Morgan fingerprint density at radius 2 is 1.89 bits per heavy atom. The van der Waals surface area contributed by atoms with E-state index in [2.05, 4.69) is 4.94 Å². The lowest BCUT2D eigenvalue weighted by atomic mass is 10.1. The van der Waals surface area contributed by atoms with Gasteiger partial charge in [0.15, 0.2) is 0 Å². The second-order valence-corrected chi connectivity index (χ2v) is 6.05. The van der Waals surface area contributed by atoms with Crippen molar-refractivity contribution in [2.45, 2.75) is 13.3 Å². The molecule has 0 atom stereocenters. The summed E-state index contributed by atoms with van der Waals surface area (Å²) < 4.78 is 35.8. The predicted octanol–water partition coefficient (Wildman–Crippen LogP) is 1.55. The van der Waals surface area contributed by atoms with Gasteiger partial charge in [-0.1, -0.05) is 19.1 Å². The first-order valence-electron chi connectivity index (χ1n) is 5.75. The molecule has 0 bridgehead atoms. The van der Waals surface area contributed by atoms with Crippen LogP contribution in [0.4, 0.5) is 4.53 Å². The Kier molecular flexibility index (Phi) is 5.44. The van der Waals surface area contributed by atoms with Crippen molar-refractivity contribution in [3.63, 3.8) is 0 Å². The first-order valence-corrected chi connectivity index (χ1v) is 7.60. The number of sulfonamides is 1. The van der Waals surface area contributed by atoms with E-state index in [1.54, 1.807) is 19.1 Å². The lowest BCUT2D eigenvalue weighted by molar-refractivity contribution is -0.0788. The van der Waals surface area contributed by atoms with E-state index in [-0.39, 0.29) is 5.56 Å². The van der Waals surface area contributed by atoms with Gasteiger partial charge in [0.1, 0.15) is 0 Å². The van der Waals surface area contributed by atoms with Crippen molar-refractivity contribution in [1.82, 2.24) is 4.31 Å². The van der Waals surface area contributed by atoms with Gasteiger partial charge in [-0.3, -0.25) is 0 Å². The molecule has 19 heavy (non-hydrogen) atoms. The fourth-order valence-corrected chi connectivity index (χ4v) is 2.56. The van der Waals surface area contributed by atoms with Crippen molar-refractivity contribution in [2.75, 3.05) is 19.3 Å². The summed E-state index contributed by atoms with van der Waals surface area (Å²) in [5, 5.41) is 0. The molecule has 7 heteroatoms. The number of halogens is 1. The van der Waals surface area contributed by atoms with Gasteiger partial charge in [-0.15, -0.1) is 0 Å². The molecule has 0 aliphatic rings. The molecule has 0 unspecified atom stereocenters. The number of carbonyl (C=O) groups is 1. The third-order valence-electron chi connectivity index (χ3n) is 2.73. The van der Waals surface area contributed by atoms with Crippen molar-refractivity contribution in [3.8, 4) is 0 Å². The fourth-order valence-electron chi connectivity index (χ4n) is 1.66. The minimum Gasteiger partial charge on any atom is -0.249 e. The molecule has 0 aromatic heterocycles. The zero-order chi connectivity index (χ0) is 14.5. The molecule has 0 spiro atoms. The van der Waals surface area contributed by atoms with Gasteiger partial charge < -0.3 is 0 Å². The zero-order valence-electron chi connectivity index (χ0n) is 10.8. The van der Waals surface area contributed by atoms with Gasteiger partial charge in [-0.25, -0.2) is 22.5 Å². The molecule has 0 fully saturated rings. The van der Waals surface area contributed by atoms with Gasteiger partial charge in [-0.05, 0) is 24.1 Å². The molecule has 0 radical (unpaired) electrons. The lowest BCUT2D eigenvalue weighted by Crippen LogP contribution is -2.31. The summed E-state index contributed by atoms with van der Waals surface area (Å²) in [5.41, 5.74) is 0.971. The van der Waals surface area contributed by atoms with Crippen molar-refractivity contribution in [1.29, 1.82) is 0 Å². The van der Waals surface area contributed by atoms with E-state index in [1.807, 2.05) is 0 Å². The van der Waals surface area contributed by atoms with Gasteiger partial charge in [0.25, 0.3) is 0 Å². The first kappa shape index (κ1) is 15.6. The Morgan fingerprint density at radius 3 is 2.32 bits per heavy atom. The summed E-state index contributed by atoms with van der Waals surface area (Å²) in [4.78, 5) is 14.0. The highest BCUT2D eigenvalue weighted by atomic mass is 32.2. The molecule has 0 aliphatic carbocycles. The maximum Gasteiger partial charge on any atom is 0.379 e. The quantitative estimate of drug-likeness (QED) is 0.797. The third kappa shape index (κ3) is 4.60. The smallest absolute Gasteiger partial charge is 0.249 e. The van der Waals surface area contributed by atoms with Crippen molar-refractivity contribution in [2.24, 2.45) is 0 Å². The van der Waals surface area contributed by atoms with E-state index in [0.717, 1.165) is 11.8 Å². The van der Waals surface area contributed by atoms with Crippen molar-refractivity contribution < 1.29 is 22.7 Å². The Hall–Kier alpha value is -1.47. The first-order chi connectivity index (χ1) is 8.88. The Balaban J connectivity index is 2.66. The number of nitrogens with zero attached hydrogens (tertiary/aromatic N) is 1. The molecule has 1 aromatic rings. The van der Waals surface area contributed by atoms with E-state index in [1.165, 1.54) is 16.4 Å². The van der Waals surface area contributed by atoms with Crippen LogP contribution in [0.3, 0.4) is 0 Å². The number of benzene rings is 1. The van der Waals surface area contributed by atoms with E-state index >= 15 is 0 Å².